The van der Waals surface area contributed by atoms with Crippen molar-refractivity contribution in [3.63, 3.8) is 0 Å². The molecule has 1 saturated heterocycles. The minimum atomic E-state index is 0.201. The molecule has 1 atom stereocenters. The molecule has 0 aromatic carbocycles. The highest BCUT2D eigenvalue weighted by atomic mass is 16.2. The molecule has 7 heteroatoms. The van der Waals surface area contributed by atoms with E-state index >= 15 is 0 Å². The first-order chi connectivity index (χ1) is 12.1. The fraction of sp³-hybridized carbons (Fsp3) is 0.833. The van der Waals surface area contributed by atoms with Gasteiger partial charge in [-0.3, -0.25) is 14.6 Å². The molecule has 2 aliphatic rings. The number of nitrogens with zero attached hydrogens (tertiary/aromatic N) is 2. The molecule has 1 unspecified atom stereocenters. The summed E-state index contributed by atoms with van der Waals surface area (Å²) in [6, 6.07) is 0.256. The summed E-state index contributed by atoms with van der Waals surface area (Å²) in [5, 5.41) is 9.67. The summed E-state index contributed by atoms with van der Waals surface area (Å²) >= 11 is 0. The summed E-state index contributed by atoms with van der Waals surface area (Å²) in [5.74, 6) is 1.46. The molecule has 0 aromatic heterocycles. The van der Waals surface area contributed by atoms with Gasteiger partial charge in [-0.15, -0.1) is 0 Å². The van der Waals surface area contributed by atoms with Gasteiger partial charge in [0.1, 0.15) is 0 Å². The highest BCUT2D eigenvalue weighted by Crippen LogP contribution is 2.25. The topological polar surface area (TPSA) is 85.8 Å². The maximum Gasteiger partial charge on any atom is 0.223 e. The largest absolute Gasteiger partial charge is 0.357 e. The Labute approximate surface area is 151 Å². The molecular weight excluding hydrogens is 318 g/mol. The van der Waals surface area contributed by atoms with Crippen LogP contribution in [0.4, 0.5) is 0 Å². The Balaban J connectivity index is 1.67. The Kier molecular flexibility index (Phi) is 8.01. The Hall–Kier alpha value is -1.79. The van der Waals surface area contributed by atoms with E-state index in [9.17, 15) is 9.59 Å². The lowest BCUT2D eigenvalue weighted by Gasteiger charge is -2.23. The van der Waals surface area contributed by atoms with Crippen LogP contribution >= 0.6 is 0 Å². The fourth-order valence-electron chi connectivity index (χ4n) is 3.14. The van der Waals surface area contributed by atoms with Crippen molar-refractivity contribution in [3.8, 4) is 0 Å². The quantitative estimate of drug-likeness (QED) is 0.344. The summed E-state index contributed by atoms with van der Waals surface area (Å²) in [6.45, 7) is 7.65. The minimum Gasteiger partial charge on any atom is -0.357 e. The number of amides is 2. The lowest BCUT2D eigenvalue weighted by Crippen LogP contribution is -2.45. The number of nitrogens with one attached hydrogen (secondary N) is 3. The number of hydrogen-bond donors (Lipinski definition) is 3. The molecule has 1 aliphatic carbocycles. The van der Waals surface area contributed by atoms with Crippen LogP contribution in [0.3, 0.4) is 0 Å². The van der Waals surface area contributed by atoms with Gasteiger partial charge in [0.05, 0.1) is 0 Å². The molecular formula is C18H33N5O2. The molecule has 2 amide bonds. The third-order valence-electron chi connectivity index (χ3n) is 4.91. The number of guanidine groups is 1. The number of carbonyl (C=O) groups excluding carboxylic acids is 2. The molecule has 0 radical (unpaired) electrons. The van der Waals surface area contributed by atoms with E-state index in [0.717, 1.165) is 51.3 Å². The van der Waals surface area contributed by atoms with E-state index in [0.29, 0.717) is 19.5 Å². The van der Waals surface area contributed by atoms with Gasteiger partial charge in [0.25, 0.3) is 0 Å². The van der Waals surface area contributed by atoms with Crippen LogP contribution in [-0.2, 0) is 9.59 Å². The molecule has 0 aromatic rings. The third kappa shape index (κ3) is 6.21. The zero-order valence-corrected chi connectivity index (χ0v) is 15.6. The van der Waals surface area contributed by atoms with E-state index in [1.165, 1.54) is 6.42 Å². The zero-order chi connectivity index (χ0) is 18.1. The van der Waals surface area contributed by atoms with Gasteiger partial charge in [-0.1, -0.05) is 13.3 Å². The van der Waals surface area contributed by atoms with Gasteiger partial charge in [0, 0.05) is 51.1 Å². The predicted octanol–water partition coefficient (Wildman–Crippen LogP) is 0.859. The molecule has 1 saturated carbocycles. The van der Waals surface area contributed by atoms with Gasteiger partial charge in [0.15, 0.2) is 5.96 Å². The van der Waals surface area contributed by atoms with Gasteiger partial charge >= 0.3 is 0 Å². The average Bonchev–Trinajstić information content (AvgIpc) is 3.00. The smallest absolute Gasteiger partial charge is 0.223 e. The van der Waals surface area contributed by atoms with Crippen molar-refractivity contribution in [1.82, 2.24) is 20.9 Å². The summed E-state index contributed by atoms with van der Waals surface area (Å²) < 4.78 is 0. The van der Waals surface area contributed by atoms with E-state index in [2.05, 4.69) is 20.9 Å². The summed E-state index contributed by atoms with van der Waals surface area (Å²) in [6.07, 6.45) is 5.61. The van der Waals surface area contributed by atoms with Crippen molar-refractivity contribution in [2.75, 3.05) is 32.7 Å². The summed E-state index contributed by atoms with van der Waals surface area (Å²) in [4.78, 5) is 30.0. The van der Waals surface area contributed by atoms with E-state index in [1.807, 2.05) is 18.7 Å². The average molecular weight is 351 g/mol. The van der Waals surface area contributed by atoms with Crippen LogP contribution in [0.25, 0.3) is 0 Å². The maximum atomic E-state index is 11.8. The van der Waals surface area contributed by atoms with Crippen molar-refractivity contribution >= 4 is 17.8 Å². The lowest BCUT2D eigenvalue weighted by molar-refractivity contribution is -0.130. The van der Waals surface area contributed by atoms with Gasteiger partial charge in [-0.25, -0.2) is 0 Å². The first kappa shape index (κ1) is 19.5. The van der Waals surface area contributed by atoms with Crippen molar-refractivity contribution in [1.29, 1.82) is 0 Å². The third-order valence-corrected chi connectivity index (χ3v) is 4.91. The maximum absolute atomic E-state index is 11.8. The lowest BCUT2D eigenvalue weighted by atomic mass is 9.85. The first-order valence-electron chi connectivity index (χ1n) is 9.74. The number of rotatable bonds is 8. The van der Waals surface area contributed by atoms with Crippen LogP contribution in [0.2, 0.25) is 0 Å². The fourth-order valence-corrected chi connectivity index (χ4v) is 3.14. The highest BCUT2D eigenvalue weighted by molar-refractivity contribution is 5.81. The van der Waals surface area contributed by atoms with Gasteiger partial charge < -0.3 is 20.9 Å². The highest BCUT2D eigenvalue weighted by Gasteiger charge is 2.26. The Morgan fingerprint density at radius 2 is 1.96 bits per heavy atom. The molecule has 0 bridgehead atoms. The van der Waals surface area contributed by atoms with Crippen molar-refractivity contribution in [2.24, 2.45) is 10.9 Å². The van der Waals surface area contributed by atoms with Crippen LogP contribution < -0.4 is 16.0 Å². The molecule has 2 fully saturated rings. The minimum absolute atomic E-state index is 0.201. The number of aliphatic imine (C=N–C) groups is 1. The van der Waals surface area contributed by atoms with E-state index < -0.39 is 0 Å². The first-order valence-corrected chi connectivity index (χ1v) is 9.74. The second-order valence-corrected chi connectivity index (χ2v) is 6.86. The van der Waals surface area contributed by atoms with Crippen LogP contribution in [-0.4, -0.2) is 61.4 Å². The SMILES string of the molecule is CCNC(=NCCCNC(=O)C1CCC1)NC1CCN(C(=O)CC)C1. The number of likely N-dealkylation sites (tertiary alicyclic amines) is 1. The Morgan fingerprint density at radius 1 is 1.16 bits per heavy atom. The van der Waals surface area contributed by atoms with E-state index in [-0.39, 0.29) is 23.8 Å². The molecule has 25 heavy (non-hydrogen) atoms. The van der Waals surface area contributed by atoms with Gasteiger partial charge in [-0.05, 0) is 32.6 Å². The molecule has 1 heterocycles. The monoisotopic (exact) mass is 351 g/mol. The molecule has 3 N–H and O–H groups in total. The number of carbonyl (C=O) groups is 2. The molecule has 142 valence electrons. The van der Waals surface area contributed by atoms with Crippen LogP contribution in [0, 0.1) is 5.92 Å². The predicted molar refractivity (Wildman–Crippen MR) is 99.4 cm³/mol. The van der Waals surface area contributed by atoms with Crippen LogP contribution in [0.1, 0.15) is 52.4 Å². The molecule has 7 nitrogen and oxygen atoms in total. The molecule has 1 aliphatic heterocycles. The van der Waals surface area contributed by atoms with Crippen molar-refractivity contribution in [2.45, 2.75) is 58.4 Å². The molecule has 2 rings (SSSR count). The standard InChI is InChI=1S/C18H33N5O2/c1-3-16(24)23-12-9-15(13-23)22-18(19-4-2)21-11-6-10-20-17(25)14-7-5-8-14/h14-15H,3-13H2,1-2H3,(H,20,25)(H2,19,21,22). The number of hydrogen-bond acceptors (Lipinski definition) is 3. The van der Waals surface area contributed by atoms with Crippen LogP contribution in [0.15, 0.2) is 4.99 Å². The van der Waals surface area contributed by atoms with Gasteiger partial charge in [0.2, 0.25) is 11.8 Å². The molecule has 0 spiro atoms. The second kappa shape index (κ2) is 10.3. The van der Waals surface area contributed by atoms with E-state index in [1.54, 1.807) is 0 Å². The Bertz CT molecular complexity index is 476. The van der Waals surface area contributed by atoms with Crippen molar-refractivity contribution < 1.29 is 9.59 Å². The second-order valence-electron chi connectivity index (χ2n) is 6.86. The van der Waals surface area contributed by atoms with E-state index in [4.69, 9.17) is 0 Å². The van der Waals surface area contributed by atoms with Crippen molar-refractivity contribution in [3.05, 3.63) is 0 Å². The van der Waals surface area contributed by atoms with Crippen LogP contribution in [0.5, 0.6) is 0 Å². The summed E-state index contributed by atoms with van der Waals surface area (Å²) in [5.41, 5.74) is 0. The summed E-state index contributed by atoms with van der Waals surface area (Å²) in [7, 11) is 0. The zero-order valence-electron chi connectivity index (χ0n) is 15.6. The normalized spacial score (nSPS) is 21.0. The Morgan fingerprint density at radius 3 is 2.60 bits per heavy atom. The van der Waals surface area contributed by atoms with Gasteiger partial charge in [-0.2, -0.15) is 0 Å².